The lowest BCUT2D eigenvalue weighted by atomic mass is 9.61. The van der Waals surface area contributed by atoms with Crippen LogP contribution in [0.15, 0.2) is 24.3 Å². The second-order valence-electron chi connectivity index (χ2n) is 9.47. The Bertz CT molecular complexity index is 693. The van der Waals surface area contributed by atoms with Gasteiger partial charge < -0.3 is 10.1 Å². The first-order chi connectivity index (χ1) is 11.1. The van der Waals surface area contributed by atoms with Crippen molar-refractivity contribution >= 4 is 6.09 Å². The molecule has 3 heterocycles. The molecule has 2 saturated heterocycles. The molecule has 4 heteroatoms. The van der Waals surface area contributed by atoms with Crippen molar-refractivity contribution in [3.8, 4) is 0 Å². The summed E-state index contributed by atoms with van der Waals surface area (Å²) >= 11 is 0. The van der Waals surface area contributed by atoms with Crippen LogP contribution in [0.3, 0.4) is 0 Å². The lowest BCUT2D eigenvalue weighted by Crippen LogP contribution is -3.07. The average Bonchev–Trinajstić information content (AvgIpc) is 2.63. The summed E-state index contributed by atoms with van der Waals surface area (Å²) in [6.45, 7) is 12.1. The van der Waals surface area contributed by atoms with Gasteiger partial charge in [-0.25, -0.2) is 4.79 Å². The number of carbonyl (C=O) groups excluding carboxylic acids is 1. The molecule has 3 aliphatic rings. The maximum absolute atomic E-state index is 12.8. The summed E-state index contributed by atoms with van der Waals surface area (Å²) in [5.41, 5.74) is 1.85. The van der Waals surface area contributed by atoms with Crippen molar-refractivity contribution in [1.29, 1.82) is 0 Å². The van der Waals surface area contributed by atoms with Crippen LogP contribution < -0.4 is 5.32 Å². The largest absolute Gasteiger partial charge is 0.439 e. The highest BCUT2D eigenvalue weighted by molar-refractivity contribution is 5.74. The Morgan fingerprint density at radius 3 is 2.33 bits per heavy atom. The Labute approximate surface area is 144 Å². The number of rotatable bonds is 0. The first kappa shape index (κ1) is 15.9. The highest BCUT2D eigenvalue weighted by Crippen LogP contribution is 2.56. The van der Waals surface area contributed by atoms with E-state index in [0.717, 1.165) is 25.8 Å². The van der Waals surface area contributed by atoms with Crippen LogP contribution in [-0.2, 0) is 16.7 Å². The van der Waals surface area contributed by atoms with Crippen LogP contribution in [0.1, 0.15) is 58.6 Å². The van der Waals surface area contributed by atoms with E-state index in [9.17, 15) is 4.79 Å². The Hall–Kier alpha value is -1.55. The zero-order valence-corrected chi connectivity index (χ0v) is 15.5. The lowest BCUT2D eigenvalue weighted by Gasteiger charge is -2.54. The van der Waals surface area contributed by atoms with Gasteiger partial charge in [-0.3, -0.25) is 4.90 Å². The van der Waals surface area contributed by atoms with Crippen LogP contribution in [0.4, 0.5) is 4.79 Å². The molecule has 24 heavy (non-hydrogen) atoms. The molecule has 1 atom stereocenters. The summed E-state index contributed by atoms with van der Waals surface area (Å²) in [6, 6.07) is 8.60. The van der Waals surface area contributed by atoms with Gasteiger partial charge in [0.05, 0.1) is 11.1 Å². The molecule has 4 rings (SSSR count). The SMILES string of the molecule is CC1(C)CC2(CC(C)(C)[NH2+]1)OC(=O)N1CCc3ccccc3[C@]12C. The topological polar surface area (TPSA) is 46.1 Å². The second-order valence-corrected chi connectivity index (χ2v) is 9.47. The Morgan fingerprint density at radius 2 is 1.67 bits per heavy atom. The van der Waals surface area contributed by atoms with E-state index in [1.54, 1.807) is 0 Å². The molecule has 0 saturated carbocycles. The number of piperidine rings is 1. The van der Waals surface area contributed by atoms with Gasteiger partial charge in [0, 0.05) is 19.4 Å². The van der Waals surface area contributed by atoms with Crippen molar-refractivity contribution < 1.29 is 14.8 Å². The molecule has 0 radical (unpaired) electrons. The molecule has 1 aromatic carbocycles. The fraction of sp³-hybridized carbons (Fsp3) is 0.650. The number of amides is 1. The molecule has 3 aliphatic heterocycles. The van der Waals surface area contributed by atoms with Crippen LogP contribution in [0.2, 0.25) is 0 Å². The van der Waals surface area contributed by atoms with E-state index < -0.39 is 5.60 Å². The number of fused-ring (bicyclic) bond motifs is 4. The molecule has 2 fully saturated rings. The standard InChI is InChI=1S/C20H28N2O2/c1-17(2)12-20(13-18(3,4)21-17)19(5)15-9-7-6-8-14(15)10-11-22(19)16(23)24-20/h6-9,21H,10-13H2,1-5H3/p+1/t19-/m0/s1. The van der Waals surface area contributed by atoms with Crippen molar-refractivity contribution in [3.05, 3.63) is 35.4 Å². The molecular formula is C20H29N2O2+. The molecule has 0 unspecified atom stereocenters. The third-order valence-electron chi connectivity index (χ3n) is 6.34. The van der Waals surface area contributed by atoms with Crippen molar-refractivity contribution in [3.63, 3.8) is 0 Å². The molecule has 2 N–H and O–H groups in total. The summed E-state index contributed by atoms with van der Waals surface area (Å²) in [5, 5.41) is 2.44. The van der Waals surface area contributed by atoms with E-state index in [1.165, 1.54) is 11.1 Å². The van der Waals surface area contributed by atoms with Crippen LogP contribution in [0, 0.1) is 0 Å². The maximum atomic E-state index is 12.8. The van der Waals surface area contributed by atoms with Gasteiger partial charge in [0.2, 0.25) is 0 Å². The summed E-state index contributed by atoms with van der Waals surface area (Å²) in [7, 11) is 0. The molecule has 0 bridgehead atoms. The number of nitrogens with zero attached hydrogens (tertiary/aromatic N) is 1. The zero-order chi connectivity index (χ0) is 17.4. The summed E-state index contributed by atoms with van der Waals surface area (Å²) < 4.78 is 6.23. The molecular weight excluding hydrogens is 300 g/mol. The lowest BCUT2D eigenvalue weighted by molar-refractivity contribution is -0.792. The highest BCUT2D eigenvalue weighted by atomic mass is 16.6. The number of quaternary nitrogens is 1. The number of nitrogens with two attached hydrogens (primary N) is 1. The predicted molar refractivity (Wildman–Crippen MR) is 92.7 cm³/mol. The van der Waals surface area contributed by atoms with Gasteiger partial charge in [-0.05, 0) is 52.2 Å². The number of benzene rings is 1. The zero-order valence-electron chi connectivity index (χ0n) is 15.5. The third kappa shape index (κ3) is 1.98. The second kappa shape index (κ2) is 4.54. The fourth-order valence-corrected chi connectivity index (χ4v) is 6.01. The van der Waals surface area contributed by atoms with Gasteiger partial charge in [-0.1, -0.05) is 24.3 Å². The molecule has 1 amide bonds. The van der Waals surface area contributed by atoms with Gasteiger partial charge >= 0.3 is 6.09 Å². The number of carbonyl (C=O) groups is 1. The summed E-state index contributed by atoms with van der Waals surface area (Å²) in [6.07, 6.45) is 2.52. The smallest absolute Gasteiger partial charge is 0.411 e. The number of hydrogen-bond acceptors (Lipinski definition) is 2. The Balaban J connectivity index is 1.93. The van der Waals surface area contributed by atoms with Crippen molar-refractivity contribution in [2.24, 2.45) is 0 Å². The van der Waals surface area contributed by atoms with E-state index in [0.29, 0.717) is 0 Å². The first-order valence-electron chi connectivity index (χ1n) is 9.05. The van der Waals surface area contributed by atoms with Crippen LogP contribution >= 0.6 is 0 Å². The minimum absolute atomic E-state index is 0.0352. The third-order valence-corrected chi connectivity index (χ3v) is 6.34. The van der Waals surface area contributed by atoms with Gasteiger partial charge in [0.15, 0.2) is 5.60 Å². The average molecular weight is 329 g/mol. The van der Waals surface area contributed by atoms with E-state index in [2.05, 4.69) is 64.2 Å². The monoisotopic (exact) mass is 329 g/mol. The van der Waals surface area contributed by atoms with E-state index in [4.69, 9.17) is 4.74 Å². The van der Waals surface area contributed by atoms with Crippen LogP contribution in [0.5, 0.6) is 0 Å². The normalized spacial score (nSPS) is 32.2. The van der Waals surface area contributed by atoms with Crippen molar-refractivity contribution in [2.45, 2.75) is 76.1 Å². The molecule has 1 aromatic rings. The quantitative estimate of drug-likeness (QED) is 0.795. The van der Waals surface area contributed by atoms with Gasteiger partial charge in [0.1, 0.15) is 5.54 Å². The molecule has 1 spiro atoms. The minimum Gasteiger partial charge on any atom is -0.439 e. The number of ether oxygens (including phenoxy) is 1. The predicted octanol–water partition coefficient (Wildman–Crippen LogP) is 2.56. The summed E-state index contributed by atoms with van der Waals surface area (Å²) in [5.74, 6) is 0. The Morgan fingerprint density at radius 1 is 1.04 bits per heavy atom. The highest BCUT2D eigenvalue weighted by Gasteiger charge is 2.69. The Kier molecular flexibility index (Phi) is 3.02. The molecule has 130 valence electrons. The van der Waals surface area contributed by atoms with Gasteiger partial charge in [-0.2, -0.15) is 0 Å². The van der Waals surface area contributed by atoms with Gasteiger partial charge in [0.25, 0.3) is 0 Å². The molecule has 4 nitrogen and oxygen atoms in total. The van der Waals surface area contributed by atoms with Crippen molar-refractivity contribution in [1.82, 2.24) is 4.90 Å². The van der Waals surface area contributed by atoms with E-state index in [1.807, 2.05) is 4.90 Å². The van der Waals surface area contributed by atoms with E-state index in [-0.39, 0.29) is 22.7 Å². The van der Waals surface area contributed by atoms with E-state index >= 15 is 0 Å². The van der Waals surface area contributed by atoms with Gasteiger partial charge in [-0.15, -0.1) is 0 Å². The minimum atomic E-state index is -0.470. The van der Waals surface area contributed by atoms with Crippen LogP contribution in [-0.4, -0.2) is 34.2 Å². The fourth-order valence-electron chi connectivity index (χ4n) is 6.01. The summed E-state index contributed by atoms with van der Waals surface area (Å²) in [4.78, 5) is 14.8. The van der Waals surface area contributed by atoms with Crippen LogP contribution in [0.25, 0.3) is 0 Å². The van der Waals surface area contributed by atoms with Crippen molar-refractivity contribution in [2.75, 3.05) is 6.54 Å². The molecule has 0 aromatic heterocycles. The molecule has 0 aliphatic carbocycles. The maximum Gasteiger partial charge on any atom is 0.411 e. The number of hydrogen-bond donors (Lipinski definition) is 1. The first-order valence-corrected chi connectivity index (χ1v) is 9.05.